The lowest BCUT2D eigenvalue weighted by atomic mass is 9.85. The van der Waals surface area contributed by atoms with Gasteiger partial charge in [-0.1, -0.05) is 6.42 Å². The van der Waals surface area contributed by atoms with Gasteiger partial charge in [0.1, 0.15) is 12.6 Å². The van der Waals surface area contributed by atoms with E-state index in [9.17, 15) is 22.8 Å². The number of nitrogens with one attached hydrogen (secondary N) is 1. The van der Waals surface area contributed by atoms with Crippen LogP contribution in [-0.2, 0) is 9.59 Å². The van der Waals surface area contributed by atoms with E-state index in [1.165, 1.54) is 0 Å². The molecule has 0 bridgehead atoms. The van der Waals surface area contributed by atoms with Crippen molar-refractivity contribution in [1.82, 2.24) is 10.2 Å². The number of hydrogen-bond acceptors (Lipinski definition) is 3. The average Bonchev–Trinajstić information content (AvgIpc) is 2.69. The number of hydrogen-bond donors (Lipinski definition) is 2. The van der Waals surface area contributed by atoms with Crippen LogP contribution >= 0.6 is 0 Å². The second-order valence-electron chi connectivity index (χ2n) is 5.85. The molecule has 2 rings (SSSR count). The van der Waals surface area contributed by atoms with Gasteiger partial charge in [0.25, 0.3) is 0 Å². The molecule has 1 aliphatic heterocycles. The third kappa shape index (κ3) is 4.33. The highest BCUT2D eigenvalue weighted by atomic mass is 19.4. The second kappa shape index (κ2) is 6.21. The molecule has 3 unspecified atom stereocenters. The normalized spacial score (nSPS) is 30.6. The van der Waals surface area contributed by atoms with E-state index >= 15 is 0 Å². The molecule has 120 valence electrons. The van der Waals surface area contributed by atoms with Gasteiger partial charge in [-0.3, -0.25) is 9.59 Å². The third-order valence-corrected chi connectivity index (χ3v) is 4.07. The van der Waals surface area contributed by atoms with Crippen LogP contribution in [0, 0.1) is 5.92 Å². The fourth-order valence-corrected chi connectivity index (χ4v) is 3.00. The van der Waals surface area contributed by atoms with Crippen molar-refractivity contribution >= 4 is 11.8 Å². The molecular formula is C13H20F3N3O2. The van der Waals surface area contributed by atoms with Crippen LogP contribution in [0.25, 0.3) is 0 Å². The van der Waals surface area contributed by atoms with Crippen molar-refractivity contribution in [3.8, 4) is 0 Å². The number of nitrogens with two attached hydrogens (primary N) is 1. The van der Waals surface area contributed by atoms with Crippen LogP contribution in [0.3, 0.4) is 0 Å². The standard InChI is InChI=1S/C13H20F3N3O2/c14-13(15,16)7-19-5-4-10(12(19)21)18-11(20)8-2-1-3-9(17)6-8/h8-10H,1-7,17H2,(H,18,20). The summed E-state index contributed by atoms with van der Waals surface area (Å²) < 4.78 is 36.9. The average molecular weight is 307 g/mol. The number of amides is 2. The molecule has 3 N–H and O–H groups in total. The van der Waals surface area contributed by atoms with Gasteiger partial charge < -0.3 is 16.0 Å². The van der Waals surface area contributed by atoms with E-state index in [0.717, 1.165) is 17.7 Å². The number of nitrogens with zero attached hydrogens (tertiary/aromatic N) is 1. The molecule has 1 aliphatic carbocycles. The zero-order valence-electron chi connectivity index (χ0n) is 11.7. The molecule has 0 aromatic carbocycles. The zero-order chi connectivity index (χ0) is 15.6. The van der Waals surface area contributed by atoms with Crippen molar-refractivity contribution in [1.29, 1.82) is 0 Å². The van der Waals surface area contributed by atoms with Gasteiger partial charge in [-0.2, -0.15) is 13.2 Å². The minimum atomic E-state index is -4.41. The van der Waals surface area contributed by atoms with Gasteiger partial charge in [-0.25, -0.2) is 0 Å². The first kappa shape index (κ1) is 16.1. The van der Waals surface area contributed by atoms with Crippen molar-refractivity contribution < 1.29 is 22.8 Å². The number of rotatable bonds is 3. The summed E-state index contributed by atoms with van der Waals surface area (Å²) in [4.78, 5) is 24.7. The maximum atomic E-state index is 12.3. The highest BCUT2D eigenvalue weighted by Gasteiger charge is 2.40. The minimum Gasteiger partial charge on any atom is -0.344 e. The molecule has 2 amide bonds. The highest BCUT2D eigenvalue weighted by molar-refractivity contribution is 5.90. The molecular weight excluding hydrogens is 287 g/mol. The van der Waals surface area contributed by atoms with Crippen molar-refractivity contribution in [3.63, 3.8) is 0 Å². The fraction of sp³-hybridized carbons (Fsp3) is 0.846. The summed E-state index contributed by atoms with van der Waals surface area (Å²) in [6.45, 7) is -1.24. The molecule has 8 heteroatoms. The number of carbonyl (C=O) groups excluding carboxylic acids is 2. The van der Waals surface area contributed by atoms with Gasteiger partial charge in [-0.15, -0.1) is 0 Å². The molecule has 0 aromatic rings. The molecule has 0 spiro atoms. The molecule has 2 aliphatic rings. The Morgan fingerprint density at radius 1 is 1.33 bits per heavy atom. The zero-order valence-corrected chi connectivity index (χ0v) is 11.7. The maximum Gasteiger partial charge on any atom is 0.406 e. The Kier molecular flexibility index (Phi) is 4.75. The molecule has 21 heavy (non-hydrogen) atoms. The number of halogens is 3. The predicted octanol–water partition coefficient (Wildman–Crippen LogP) is 0.783. The topological polar surface area (TPSA) is 75.4 Å². The van der Waals surface area contributed by atoms with E-state index in [1.807, 2.05) is 0 Å². The van der Waals surface area contributed by atoms with E-state index < -0.39 is 24.7 Å². The number of likely N-dealkylation sites (tertiary alicyclic amines) is 1. The van der Waals surface area contributed by atoms with Crippen LogP contribution < -0.4 is 11.1 Å². The summed E-state index contributed by atoms with van der Waals surface area (Å²) in [5.41, 5.74) is 5.81. The predicted molar refractivity (Wildman–Crippen MR) is 69.1 cm³/mol. The lowest BCUT2D eigenvalue weighted by Gasteiger charge is -2.26. The number of alkyl halides is 3. The van der Waals surface area contributed by atoms with Crippen LogP contribution in [0.2, 0.25) is 0 Å². The van der Waals surface area contributed by atoms with Crippen molar-refractivity contribution in [2.24, 2.45) is 11.7 Å². The fourth-order valence-electron chi connectivity index (χ4n) is 3.00. The Bertz CT molecular complexity index is 414. The van der Waals surface area contributed by atoms with Gasteiger partial charge in [0, 0.05) is 18.5 Å². The number of carbonyl (C=O) groups is 2. The Labute approximate surface area is 121 Å². The van der Waals surface area contributed by atoms with Crippen LogP contribution in [-0.4, -0.2) is 48.1 Å². The van der Waals surface area contributed by atoms with E-state index in [1.54, 1.807) is 0 Å². The first-order valence-corrected chi connectivity index (χ1v) is 7.18. The van der Waals surface area contributed by atoms with Gasteiger partial charge in [0.2, 0.25) is 11.8 Å². The second-order valence-corrected chi connectivity index (χ2v) is 5.85. The molecule has 1 heterocycles. The van der Waals surface area contributed by atoms with Crippen LogP contribution in [0.5, 0.6) is 0 Å². The largest absolute Gasteiger partial charge is 0.406 e. The van der Waals surface area contributed by atoms with Crippen LogP contribution in [0.4, 0.5) is 13.2 Å². The molecule has 1 saturated heterocycles. The Morgan fingerprint density at radius 2 is 2.05 bits per heavy atom. The summed E-state index contributed by atoms with van der Waals surface area (Å²) in [6.07, 6.45) is -1.17. The molecule has 1 saturated carbocycles. The van der Waals surface area contributed by atoms with E-state index in [4.69, 9.17) is 5.73 Å². The molecule has 0 aromatic heterocycles. The van der Waals surface area contributed by atoms with Crippen molar-refractivity contribution in [2.45, 2.75) is 50.4 Å². The van der Waals surface area contributed by atoms with E-state index in [2.05, 4.69) is 5.32 Å². The molecule has 0 radical (unpaired) electrons. The van der Waals surface area contributed by atoms with E-state index in [0.29, 0.717) is 12.8 Å². The van der Waals surface area contributed by atoms with Crippen LogP contribution in [0.1, 0.15) is 32.1 Å². The highest BCUT2D eigenvalue weighted by Crippen LogP contribution is 2.25. The van der Waals surface area contributed by atoms with Crippen molar-refractivity contribution in [2.75, 3.05) is 13.1 Å². The van der Waals surface area contributed by atoms with Gasteiger partial charge in [0.15, 0.2) is 0 Å². The Hall–Kier alpha value is -1.31. The smallest absolute Gasteiger partial charge is 0.344 e. The maximum absolute atomic E-state index is 12.3. The summed E-state index contributed by atoms with van der Waals surface area (Å²) in [6, 6.07) is -0.853. The molecule has 2 fully saturated rings. The first-order valence-electron chi connectivity index (χ1n) is 7.18. The first-order chi connectivity index (χ1) is 9.76. The monoisotopic (exact) mass is 307 g/mol. The summed E-state index contributed by atoms with van der Waals surface area (Å²) in [5, 5.41) is 2.58. The quantitative estimate of drug-likeness (QED) is 0.809. The molecule has 3 atom stereocenters. The lowest BCUT2D eigenvalue weighted by Crippen LogP contribution is -2.46. The van der Waals surface area contributed by atoms with Gasteiger partial charge in [0.05, 0.1) is 0 Å². The third-order valence-electron chi connectivity index (χ3n) is 4.07. The lowest BCUT2D eigenvalue weighted by molar-refractivity contribution is -0.158. The molecule has 5 nitrogen and oxygen atoms in total. The minimum absolute atomic E-state index is 0.0180. The summed E-state index contributed by atoms with van der Waals surface area (Å²) >= 11 is 0. The Morgan fingerprint density at radius 3 is 2.67 bits per heavy atom. The summed E-state index contributed by atoms with van der Waals surface area (Å²) in [7, 11) is 0. The van der Waals surface area contributed by atoms with Crippen molar-refractivity contribution in [3.05, 3.63) is 0 Å². The van der Waals surface area contributed by atoms with Crippen LogP contribution in [0.15, 0.2) is 0 Å². The van der Waals surface area contributed by atoms with Gasteiger partial charge >= 0.3 is 6.18 Å². The Balaban J connectivity index is 1.86. The summed E-state index contributed by atoms with van der Waals surface area (Å²) in [5.74, 6) is -1.16. The van der Waals surface area contributed by atoms with E-state index in [-0.39, 0.29) is 30.8 Å². The SMILES string of the molecule is NC1CCCC(C(=O)NC2CCN(CC(F)(F)F)C2=O)C1. The van der Waals surface area contributed by atoms with Gasteiger partial charge in [-0.05, 0) is 25.7 Å².